The Morgan fingerprint density at radius 1 is 1.50 bits per heavy atom. The van der Waals surface area contributed by atoms with E-state index in [0.717, 1.165) is 0 Å². The summed E-state index contributed by atoms with van der Waals surface area (Å²) in [6, 6.07) is 6.72. The second kappa shape index (κ2) is 7.46. The molecule has 1 aromatic rings. The van der Waals surface area contributed by atoms with Gasteiger partial charge < -0.3 is 10.1 Å². The summed E-state index contributed by atoms with van der Waals surface area (Å²) < 4.78 is 5.59. The highest BCUT2D eigenvalue weighted by Crippen LogP contribution is 2.25. The number of rotatable bonds is 7. The van der Waals surface area contributed by atoms with Crippen LogP contribution in [0.5, 0.6) is 5.75 Å². The van der Waals surface area contributed by atoms with Gasteiger partial charge in [0, 0.05) is 30.3 Å². The Morgan fingerprint density at radius 3 is 2.70 bits per heavy atom. The lowest BCUT2D eigenvalue weighted by molar-refractivity contribution is -0.384. The molecule has 0 spiro atoms. The normalized spacial score (nSPS) is 11.9. The molecule has 1 unspecified atom stereocenters. The highest BCUT2D eigenvalue weighted by atomic mass is 16.6. The van der Waals surface area contributed by atoms with Gasteiger partial charge in [0.25, 0.3) is 5.69 Å². The van der Waals surface area contributed by atoms with E-state index in [1.54, 1.807) is 6.07 Å². The maximum atomic E-state index is 10.8. The molecule has 0 amide bonds. The van der Waals surface area contributed by atoms with Gasteiger partial charge in [-0.25, -0.2) is 0 Å². The number of nitriles is 1. The van der Waals surface area contributed by atoms with Gasteiger partial charge in [-0.2, -0.15) is 5.26 Å². The first-order valence-corrected chi connectivity index (χ1v) is 6.54. The zero-order valence-corrected chi connectivity index (χ0v) is 11.9. The monoisotopic (exact) mass is 277 g/mol. The van der Waals surface area contributed by atoms with Gasteiger partial charge in [-0.1, -0.05) is 20.8 Å². The van der Waals surface area contributed by atoms with Gasteiger partial charge >= 0.3 is 0 Å². The van der Waals surface area contributed by atoms with Crippen LogP contribution in [0.3, 0.4) is 0 Å². The maximum Gasteiger partial charge on any atom is 0.270 e. The number of nitrogens with one attached hydrogen (secondary N) is 1. The highest BCUT2D eigenvalue weighted by molar-refractivity contribution is 5.44. The molecule has 20 heavy (non-hydrogen) atoms. The van der Waals surface area contributed by atoms with Crippen molar-refractivity contribution < 1.29 is 9.66 Å². The molecule has 0 aliphatic carbocycles. The van der Waals surface area contributed by atoms with E-state index in [9.17, 15) is 10.1 Å². The first-order chi connectivity index (χ1) is 9.47. The molecule has 108 valence electrons. The van der Waals surface area contributed by atoms with Crippen LogP contribution in [-0.4, -0.2) is 17.1 Å². The Labute approximate surface area is 118 Å². The fraction of sp³-hybridized carbons (Fsp3) is 0.500. The Bertz CT molecular complexity index is 509. The van der Waals surface area contributed by atoms with Gasteiger partial charge in [-0.15, -0.1) is 0 Å². The molecule has 0 aromatic heterocycles. The third-order valence-electron chi connectivity index (χ3n) is 2.74. The number of non-ortho nitro benzene ring substituents is 1. The van der Waals surface area contributed by atoms with Crippen LogP contribution in [-0.2, 0) is 6.54 Å². The van der Waals surface area contributed by atoms with Crippen LogP contribution in [0, 0.1) is 21.4 Å². The van der Waals surface area contributed by atoms with Gasteiger partial charge in [0.05, 0.1) is 4.92 Å². The second-order valence-corrected chi connectivity index (χ2v) is 4.73. The summed E-state index contributed by atoms with van der Waals surface area (Å²) >= 11 is 0. The molecule has 0 aliphatic heterocycles. The van der Waals surface area contributed by atoms with Gasteiger partial charge in [0.15, 0.2) is 6.10 Å². The third-order valence-corrected chi connectivity index (χ3v) is 2.74. The van der Waals surface area contributed by atoms with Crippen molar-refractivity contribution in [1.82, 2.24) is 5.32 Å². The molecule has 0 aliphatic rings. The molecule has 0 bridgehead atoms. The molecule has 0 heterocycles. The first-order valence-electron chi connectivity index (χ1n) is 6.54. The number of hydrogen-bond donors (Lipinski definition) is 1. The molecule has 6 nitrogen and oxygen atoms in total. The lowest BCUT2D eigenvalue weighted by atomic mass is 10.1. The molecule has 1 N–H and O–H groups in total. The summed E-state index contributed by atoms with van der Waals surface area (Å²) in [5, 5.41) is 23.0. The minimum atomic E-state index is -0.547. The average molecular weight is 277 g/mol. The smallest absolute Gasteiger partial charge is 0.270 e. The predicted molar refractivity (Wildman–Crippen MR) is 75.4 cm³/mol. The van der Waals surface area contributed by atoms with Crippen molar-refractivity contribution in [2.75, 3.05) is 0 Å². The van der Waals surface area contributed by atoms with Crippen LogP contribution >= 0.6 is 0 Å². The van der Waals surface area contributed by atoms with Crippen molar-refractivity contribution >= 4 is 5.69 Å². The SMILES string of the molecule is CCC(C#N)Oc1ccc([N+](=O)[O-])cc1CNC(C)C. The molecule has 1 aromatic carbocycles. The van der Waals surface area contributed by atoms with Gasteiger partial charge in [0.2, 0.25) is 0 Å². The molecule has 6 heteroatoms. The fourth-order valence-electron chi connectivity index (χ4n) is 1.60. The molecule has 0 radical (unpaired) electrons. The molecule has 0 saturated carbocycles. The summed E-state index contributed by atoms with van der Waals surface area (Å²) in [6.45, 7) is 6.28. The quantitative estimate of drug-likeness (QED) is 0.611. The van der Waals surface area contributed by atoms with E-state index in [1.165, 1.54) is 12.1 Å². The number of ether oxygens (including phenoxy) is 1. The van der Waals surface area contributed by atoms with Crippen molar-refractivity contribution in [3.05, 3.63) is 33.9 Å². The summed E-state index contributed by atoms with van der Waals surface area (Å²) in [4.78, 5) is 10.4. The van der Waals surface area contributed by atoms with E-state index in [2.05, 4.69) is 11.4 Å². The highest BCUT2D eigenvalue weighted by Gasteiger charge is 2.15. The molecular formula is C14H19N3O3. The van der Waals surface area contributed by atoms with Crippen molar-refractivity contribution in [3.8, 4) is 11.8 Å². The molecular weight excluding hydrogens is 258 g/mol. The van der Waals surface area contributed by atoms with E-state index in [1.807, 2.05) is 20.8 Å². The minimum absolute atomic E-state index is 0.0166. The van der Waals surface area contributed by atoms with E-state index in [4.69, 9.17) is 10.00 Å². The summed E-state index contributed by atoms with van der Waals surface area (Å²) in [5.74, 6) is 0.511. The summed E-state index contributed by atoms with van der Waals surface area (Å²) in [6.07, 6.45) is 0.0131. The van der Waals surface area contributed by atoms with Crippen LogP contribution in [0.1, 0.15) is 32.8 Å². The average Bonchev–Trinajstić information content (AvgIpc) is 2.42. The lowest BCUT2D eigenvalue weighted by Crippen LogP contribution is -2.23. The van der Waals surface area contributed by atoms with Crippen LogP contribution in [0.25, 0.3) is 0 Å². The number of benzene rings is 1. The minimum Gasteiger partial charge on any atom is -0.475 e. The van der Waals surface area contributed by atoms with Crippen molar-refractivity contribution in [2.24, 2.45) is 0 Å². The molecule has 1 rings (SSSR count). The Balaban J connectivity index is 3.02. The Kier molecular flexibility index (Phi) is 5.94. The van der Waals surface area contributed by atoms with Gasteiger partial charge in [0.1, 0.15) is 11.8 Å². The van der Waals surface area contributed by atoms with E-state index in [0.29, 0.717) is 24.3 Å². The number of nitro groups is 1. The largest absolute Gasteiger partial charge is 0.475 e. The van der Waals surface area contributed by atoms with Crippen molar-refractivity contribution in [1.29, 1.82) is 5.26 Å². The standard InChI is InChI=1S/C14H19N3O3/c1-4-13(8-15)20-14-6-5-12(17(18)19)7-11(14)9-16-10(2)3/h5-7,10,13,16H,4,9H2,1-3H3. The van der Waals surface area contributed by atoms with E-state index in [-0.39, 0.29) is 11.7 Å². The van der Waals surface area contributed by atoms with Crippen molar-refractivity contribution in [2.45, 2.75) is 45.9 Å². The third kappa shape index (κ3) is 4.52. The van der Waals surface area contributed by atoms with Crippen LogP contribution in [0.4, 0.5) is 5.69 Å². The maximum absolute atomic E-state index is 10.8. The Morgan fingerprint density at radius 2 is 2.20 bits per heavy atom. The fourth-order valence-corrected chi connectivity index (χ4v) is 1.60. The van der Waals surface area contributed by atoms with Crippen LogP contribution in [0.15, 0.2) is 18.2 Å². The van der Waals surface area contributed by atoms with Crippen LogP contribution < -0.4 is 10.1 Å². The lowest BCUT2D eigenvalue weighted by Gasteiger charge is -2.15. The van der Waals surface area contributed by atoms with E-state index >= 15 is 0 Å². The van der Waals surface area contributed by atoms with Crippen molar-refractivity contribution in [3.63, 3.8) is 0 Å². The van der Waals surface area contributed by atoms with Gasteiger partial charge in [-0.05, 0) is 12.5 Å². The number of hydrogen-bond acceptors (Lipinski definition) is 5. The zero-order chi connectivity index (χ0) is 15.1. The zero-order valence-electron chi connectivity index (χ0n) is 11.9. The molecule has 1 atom stereocenters. The van der Waals surface area contributed by atoms with Crippen LogP contribution in [0.2, 0.25) is 0 Å². The summed E-state index contributed by atoms with van der Waals surface area (Å²) in [7, 11) is 0. The molecule has 0 saturated heterocycles. The number of nitro benzene ring substituents is 1. The first kappa shape index (κ1) is 15.9. The summed E-state index contributed by atoms with van der Waals surface area (Å²) in [5.41, 5.74) is 0.699. The Hall–Kier alpha value is -2.13. The van der Waals surface area contributed by atoms with E-state index < -0.39 is 11.0 Å². The van der Waals surface area contributed by atoms with Gasteiger partial charge in [-0.3, -0.25) is 10.1 Å². The predicted octanol–water partition coefficient (Wildman–Crippen LogP) is 2.77. The topological polar surface area (TPSA) is 88.2 Å². The molecule has 0 fully saturated rings. The second-order valence-electron chi connectivity index (χ2n) is 4.73. The number of nitrogens with zero attached hydrogens (tertiary/aromatic N) is 2.